The highest BCUT2D eigenvalue weighted by Crippen LogP contribution is 2.10. The van der Waals surface area contributed by atoms with Crippen LogP contribution in [0.4, 0.5) is 0 Å². The lowest BCUT2D eigenvalue weighted by Crippen LogP contribution is -2.47. The van der Waals surface area contributed by atoms with Crippen LogP contribution in [-0.4, -0.2) is 27.6 Å². The number of nitrogens with one attached hydrogen (secondary N) is 1. The smallest absolute Gasteiger partial charge is 0.158 e. The number of aryl methyl sites for hydroxylation is 2. The van der Waals surface area contributed by atoms with Crippen LogP contribution in [0.1, 0.15) is 32.2 Å². The molecule has 0 amide bonds. The molecule has 0 aliphatic carbocycles. The third-order valence-electron chi connectivity index (χ3n) is 2.76. The second-order valence-electron chi connectivity index (χ2n) is 4.66. The zero-order valence-corrected chi connectivity index (χ0v) is 10.8. The summed E-state index contributed by atoms with van der Waals surface area (Å²) in [5.41, 5.74) is 1.45. The number of nitrogens with zero attached hydrogens (tertiary/aromatic N) is 2. The van der Waals surface area contributed by atoms with Gasteiger partial charge in [0.05, 0.1) is 17.7 Å². The molecule has 1 heterocycles. The van der Waals surface area contributed by atoms with Crippen molar-refractivity contribution in [2.75, 3.05) is 6.54 Å². The van der Waals surface area contributed by atoms with Gasteiger partial charge in [-0.2, -0.15) is 5.10 Å². The van der Waals surface area contributed by atoms with Crippen LogP contribution in [0.5, 0.6) is 0 Å². The third-order valence-corrected chi connectivity index (χ3v) is 2.76. The first kappa shape index (κ1) is 12.9. The van der Waals surface area contributed by atoms with Gasteiger partial charge in [-0.25, -0.2) is 0 Å². The number of hydrogen-bond donors (Lipinski definition) is 1. The quantitative estimate of drug-likeness (QED) is 0.816. The first-order chi connectivity index (χ1) is 7.36. The van der Waals surface area contributed by atoms with Crippen molar-refractivity contribution in [3.8, 4) is 0 Å². The molecule has 0 bridgehead atoms. The summed E-state index contributed by atoms with van der Waals surface area (Å²) in [4.78, 5) is 12.1. The molecule has 0 aliphatic rings. The molecule has 4 nitrogen and oxygen atoms in total. The standard InChI is InChI=1S/C12H21N3O/c1-6-13-12(3,4)11(16)8-10-7-9(2)14-15(10)5/h7,13H,6,8H2,1-5H3. The summed E-state index contributed by atoms with van der Waals surface area (Å²) in [6.45, 7) is 8.57. The number of ketones is 1. The Morgan fingerprint density at radius 3 is 2.62 bits per heavy atom. The number of Topliss-reactive ketones (excluding diaryl/α,β-unsaturated/α-hetero) is 1. The summed E-state index contributed by atoms with van der Waals surface area (Å²) in [6.07, 6.45) is 0.428. The second kappa shape index (κ2) is 4.78. The molecule has 0 spiro atoms. The number of likely N-dealkylation sites (N-methyl/N-ethyl adjacent to an activating group) is 1. The van der Waals surface area contributed by atoms with Crippen molar-refractivity contribution in [2.24, 2.45) is 7.05 Å². The van der Waals surface area contributed by atoms with Gasteiger partial charge in [-0.1, -0.05) is 6.92 Å². The van der Waals surface area contributed by atoms with Gasteiger partial charge in [0, 0.05) is 12.7 Å². The van der Waals surface area contributed by atoms with E-state index in [4.69, 9.17) is 0 Å². The topological polar surface area (TPSA) is 46.9 Å². The highest BCUT2D eigenvalue weighted by molar-refractivity contribution is 5.89. The molecule has 0 atom stereocenters. The molecule has 1 rings (SSSR count). The van der Waals surface area contributed by atoms with E-state index in [2.05, 4.69) is 10.4 Å². The van der Waals surface area contributed by atoms with E-state index in [1.54, 1.807) is 4.68 Å². The van der Waals surface area contributed by atoms with Crippen LogP contribution >= 0.6 is 0 Å². The monoisotopic (exact) mass is 223 g/mol. The summed E-state index contributed by atoms with van der Waals surface area (Å²) < 4.78 is 1.77. The average molecular weight is 223 g/mol. The fourth-order valence-electron chi connectivity index (χ4n) is 1.76. The van der Waals surface area contributed by atoms with Crippen LogP contribution < -0.4 is 5.32 Å². The summed E-state index contributed by atoms with van der Waals surface area (Å²) in [7, 11) is 1.87. The molecule has 1 aromatic heterocycles. The van der Waals surface area contributed by atoms with Gasteiger partial charge in [0.25, 0.3) is 0 Å². The maximum Gasteiger partial charge on any atom is 0.158 e. The van der Waals surface area contributed by atoms with Crippen molar-refractivity contribution in [3.63, 3.8) is 0 Å². The van der Waals surface area contributed by atoms with Crippen molar-refractivity contribution in [3.05, 3.63) is 17.5 Å². The molecular formula is C12H21N3O. The normalized spacial score (nSPS) is 11.8. The Morgan fingerprint density at radius 2 is 2.19 bits per heavy atom. The number of carbonyl (C=O) groups excluding carboxylic acids is 1. The van der Waals surface area contributed by atoms with E-state index in [1.807, 2.05) is 40.8 Å². The summed E-state index contributed by atoms with van der Waals surface area (Å²) in [5.74, 6) is 0.192. The summed E-state index contributed by atoms with van der Waals surface area (Å²) in [6, 6.07) is 1.96. The minimum absolute atomic E-state index is 0.192. The Bertz CT molecular complexity index is 380. The van der Waals surface area contributed by atoms with Gasteiger partial charge < -0.3 is 5.32 Å². The summed E-state index contributed by atoms with van der Waals surface area (Å²) >= 11 is 0. The molecule has 0 unspecified atom stereocenters. The molecule has 0 saturated carbocycles. The Hall–Kier alpha value is -1.16. The molecule has 1 aromatic rings. The largest absolute Gasteiger partial charge is 0.306 e. The maximum atomic E-state index is 12.1. The molecule has 90 valence electrons. The van der Waals surface area contributed by atoms with E-state index in [0.29, 0.717) is 6.42 Å². The molecule has 0 radical (unpaired) electrons. The van der Waals surface area contributed by atoms with Gasteiger partial charge in [-0.3, -0.25) is 9.48 Å². The first-order valence-corrected chi connectivity index (χ1v) is 5.64. The fraction of sp³-hybridized carbons (Fsp3) is 0.667. The summed E-state index contributed by atoms with van der Waals surface area (Å²) in [5, 5.41) is 7.43. The van der Waals surface area contributed by atoms with E-state index in [0.717, 1.165) is 17.9 Å². The lowest BCUT2D eigenvalue weighted by molar-refractivity contribution is -0.123. The zero-order valence-electron chi connectivity index (χ0n) is 10.8. The Morgan fingerprint density at radius 1 is 1.56 bits per heavy atom. The molecular weight excluding hydrogens is 202 g/mol. The minimum Gasteiger partial charge on any atom is -0.306 e. The van der Waals surface area contributed by atoms with Crippen LogP contribution in [0.15, 0.2) is 6.07 Å². The first-order valence-electron chi connectivity index (χ1n) is 5.64. The van der Waals surface area contributed by atoms with E-state index in [9.17, 15) is 4.79 Å². The Labute approximate surface area is 97.0 Å². The molecule has 0 aromatic carbocycles. The van der Waals surface area contributed by atoms with Gasteiger partial charge >= 0.3 is 0 Å². The highest BCUT2D eigenvalue weighted by Gasteiger charge is 2.26. The van der Waals surface area contributed by atoms with Crippen molar-refractivity contribution >= 4 is 5.78 Å². The predicted molar refractivity (Wildman–Crippen MR) is 64.4 cm³/mol. The third kappa shape index (κ3) is 2.92. The molecule has 4 heteroatoms. The maximum absolute atomic E-state index is 12.1. The fourth-order valence-corrected chi connectivity index (χ4v) is 1.76. The second-order valence-corrected chi connectivity index (χ2v) is 4.66. The van der Waals surface area contributed by atoms with Crippen LogP contribution in [0.25, 0.3) is 0 Å². The predicted octanol–water partition coefficient (Wildman–Crippen LogP) is 1.23. The number of carbonyl (C=O) groups is 1. The van der Waals surface area contributed by atoms with E-state index >= 15 is 0 Å². The molecule has 16 heavy (non-hydrogen) atoms. The van der Waals surface area contributed by atoms with E-state index < -0.39 is 5.54 Å². The van der Waals surface area contributed by atoms with Crippen molar-refractivity contribution in [1.82, 2.24) is 15.1 Å². The Balaban J connectivity index is 2.75. The van der Waals surface area contributed by atoms with Crippen molar-refractivity contribution < 1.29 is 4.79 Å². The molecule has 0 saturated heterocycles. The number of aromatic nitrogens is 2. The SMILES string of the molecule is CCNC(C)(C)C(=O)Cc1cc(C)nn1C. The van der Waals surface area contributed by atoms with Crippen LogP contribution in [-0.2, 0) is 18.3 Å². The Kier molecular flexibility index (Phi) is 3.86. The van der Waals surface area contributed by atoms with E-state index in [-0.39, 0.29) is 5.78 Å². The van der Waals surface area contributed by atoms with Crippen molar-refractivity contribution in [1.29, 1.82) is 0 Å². The number of hydrogen-bond acceptors (Lipinski definition) is 3. The van der Waals surface area contributed by atoms with Crippen molar-refractivity contribution in [2.45, 2.75) is 39.7 Å². The minimum atomic E-state index is -0.465. The highest BCUT2D eigenvalue weighted by atomic mass is 16.1. The molecule has 1 N–H and O–H groups in total. The van der Waals surface area contributed by atoms with Gasteiger partial charge in [-0.15, -0.1) is 0 Å². The lowest BCUT2D eigenvalue weighted by Gasteiger charge is -2.23. The lowest BCUT2D eigenvalue weighted by atomic mass is 9.95. The van der Waals surface area contributed by atoms with Gasteiger partial charge in [0.1, 0.15) is 0 Å². The number of rotatable bonds is 5. The average Bonchev–Trinajstić information content (AvgIpc) is 2.45. The zero-order chi connectivity index (χ0) is 12.3. The van der Waals surface area contributed by atoms with E-state index in [1.165, 1.54) is 0 Å². The molecule has 0 aliphatic heterocycles. The van der Waals surface area contributed by atoms with Gasteiger partial charge in [-0.05, 0) is 33.4 Å². The van der Waals surface area contributed by atoms with Crippen LogP contribution in [0, 0.1) is 6.92 Å². The molecule has 0 fully saturated rings. The van der Waals surface area contributed by atoms with Gasteiger partial charge in [0.15, 0.2) is 5.78 Å². The van der Waals surface area contributed by atoms with Crippen LogP contribution in [0.2, 0.25) is 0 Å². The van der Waals surface area contributed by atoms with Crippen LogP contribution in [0.3, 0.4) is 0 Å². The van der Waals surface area contributed by atoms with Gasteiger partial charge in [0.2, 0.25) is 0 Å².